The van der Waals surface area contributed by atoms with Crippen LogP contribution in [0.4, 0.5) is 20.7 Å². The summed E-state index contributed by atoms with van der Waals surface area (Å²) in [5.74, 6) is 0.400. The number of aromatic nitrogens is 1. The molecule has 2 N–H and O–H groups in total. The van der Waals surface area contributed by atoms with Crippen molar-refractivity contribution >= 4 is 17.5 Å². The molecule has 23 heavy (non-hydrogen) atoms. The second-order valence-corrected chi connectivity index (χ2v) is 4.92. The van der Waals surface area contributed by atoms with Crippen molar-refractivity contribution in [3.8, 4) is 0 Å². The number of anilines is 2. The Labute approximate surface area is 134 Å². The van der Waals surface area contributed by atoms with E-state index in [0.717, 1.165) is 11.5 Å². The molecular weight excluding hydrogens is 295 g/mol. The summed E-state index contributed by atoms with van der Waals surface area (Å²) >= 11 is 0. The summed E-state index contributed by atoms with van der Waals surface area (Å²) in [4.78, 5) is 18.0. The average Bonchev–Trinajstić information content (AvgIpc) is 2.54. The van der Waals surface area contributed by atoms with Crippen molar-refractivity contribution in [3.63, 3.8) is 0 Å². The van der Waals surface area contributed by atoms with Crippen LogP contribution in [-0.2, 0) is 6.42 Å². The highest BCUT2D eigenvalue weighted by Crippen LogP contribution is 2.10. The van der Waals surface area contributed by atoms with E-state index < -0.39 is 5.82 Å². The molecule has 0 unspecified atom stereocenters. The third kappa shape index (κ3) is 5.10. The zero-order chi connectivity index (χ0) is 16.7. The molecule has 0 atom stereocenters. The van der Waals surface area contributed by atoms with E-state index in [2.05, 4.69) is 22.2 Å². The van der Waals surface area contributed by atoms with E-state index in [1.54, 1.807) is 12.3 Å². The number of amides is 2. The normalized spacial score (nSPS) is 10.0. The highest BCUT2D eigenvalue weighted by Gasteiger charge is 2.04. The number of carbonyl (C=O) groups is 1. The van der Waals surface area contributed by atoms with Crippen molar-refractivity contribution in [1.29, 1.82) is 0 Å². The van der Waals surface area contributed by atoms with Crippen molar-refractivity contribution in [2.24, 2.45) is 0 Å². The molecule has 2 amide bonds. The van der Waals surface area contributed by atoms with Gasteiger partial charge in [0, 0.05) is 31.4 Å². The standard InChI is InChI=1S/C17H19FN4O/c1-3-22(2)16-9-5-7-14(20-16)10-11-19-17(23)21-15-8-4-6-13(18)12-15/h3-9,12H,1,10-11H2,2H3,(H2,19,21,23). The van der Waals surface area contributed by atoms with Gasteiger partial charge in [0.25, 0.3) is 0 Å². The molecule has 2 rings (SSSR count). The van der Waals surface area contributed by atoms with Crippen LogP contribution in [0, 0.1) is 5.82 Å². The predicted molar refractivity (Wildman–Crippen MR) is 90.0 cm³/mol. The van der Waals surface area contributed by atoms with Crippen molar-refractivity contribution < 1.29 is 9.18 Å². The Morgan fingerprint density at radius 1 is 1.35 bits per heavy atom. The number of urea groups is 1. The number of nitrogens with one attached hydrogen (secondary N) is 2. The van der Waals surface area contributed by atoms with E-state index >= 15 is 0 Å². The lowest BCUT2D eigenvalue weighted by atomic mass is 10.2. The smallest absolute Gasteiger partial charge is 0.319 e. The van der Waals surface area contributed by atoms with Crippen molar-refractivity contribution in [2.75, 3.05) is 23.8 Å². The van der Waals surface area contributed by atoms with Crippen molar-refractivity contribution in [2.45, 2.75) is 6.42 Å². The van der Waals surface area contributed by atoms with Crippen LogP contribution in [0.1, 0.15) is 5.69 Å². The van der Waals surface area contributed by atoms with Crippen LogP contribution in [0.5, 0.6) is 0 Å². The molecule has 2 aromatic rings. The summed E-state index contributed by atoms with van der Waals surface area (Å²) < 4.78 is 13.0. The van der Waals surface area contributed by atoms with E-state index in [9.17, 15) is 9.18 Å². The van der Waals surface area contributed by atoms with E-state index in [1.165, 1.54) is 18.2 Å². The third-order valence-corrected chi connectivity index (χ3v) is 3.18. The number of carbonyl (C=O) groups excluding carboxylic acids is 1. The van der Waals surface area contributed by atoms with Gasteiger partial charge in [-0.15, -0.1) is 0 Å². The molecule has 0 aliphatic rings. The fourth-order valence-corrected chi connectivity index (χ4v) is 1.94. The maximum atomic E-state index is 13.0. The number of rotatable bonds is 6. The zero-order valence-corrected chi connectivity index (χ0v) is 12.9. The van der Waals surface area contributed by atoms with Crippen LogP contribution in [0.2, 0.25) is 0 Å². The van der Waals surface area contributed by atoms with Gasteiger partial charge in [-0.2, -0.15) is 0 Å². The van der Waals surface area contributed by atoms with Crippen LogP contribution in [-0.4, -0.2) is 24.6 Å². The van der Waals surface area contributed by atoms with Gasteiger partial charge in [-0.05, 0) is 36.5 Å². The molecule has 0 saturated carbocycles. The largest absolute Gasteiger partial charge is 0.337 e. The molecule has 120 valence electrons. The quantitative estimate of drug-likeness (QED) is 0.861. The number of benzene rings is 1. The summed E-state index contributed by atoms with van der Waals surface area (Å²) in [6.07, 6.45) is 2.27. The lowest BCUT2D eigenvalue weighted by Gasteiger charge is -2.13. The number of halogens is 1. The number of nitrogens with zero attached hydrogens (tertiary/aromatic N) is 2. The molecule has 1 aromatic heterocycles. The fourth-order valence-electron chi connectivity index (χ4n) is 1.94. The van der Waals surface area contributed by atoms with Crippen LogP contribution >= 0.6 is 0 Å². The molecule has 1 aromatic carbocycles. The minimum atomic E-state index is -0.393. The number of pyridine rings is 1. The molecule has 0 aliphatic carbocycles. The number of hydrogen-bond donors (Lipinski definition) is 2. The Morgan fingerprint density at radius 2 is 2.13 bits per heavy atom. The molecule has 0 spiro atoms. The average molecular weight is 314 g/mol. The zero-order valence-electron chi connectivity index (χ0n) is 12.9. The molecule has 5 nitrogen and oxygen atoms in total. The summed E-state index contributed by atoms with van der Waals surface area (Å²) in [6, 6.07) is 11.1. The summed E-state index contributed by atoms with van der Waals surface area (Å²) in [7, 11) is 1.86. The lowest BCUT2D eigenvalue weighted by Crippen LogP contribution is -2.30. The first-order valence-electron chi connectivity index (χ1n) is 7.20. The van der Waals surface area contributed by atoms with Gasteiger partial charge in [0.1, 0.15) is 11.6 Å². The van der Waals surface area contributed by atoms with Crippen LogP contribution in [0.15, 0.2) is 55.2 Å². The highest BCUT2D eigenvalue weighted by atomic mass is 19.1. The molecule has 0 radical (unpaired) electrons. The molecule has 0 fully saturated rings. The molecule has 0 bridgehead atoms. The van der Waals surface area contributed by atoms with Crippen LogP contribution < -0.4 is 15.5 Å². The first-order valence-corrected chi connectivity index (χ1v) is 7.20. The van der Waals surface area contributed by atoms with Crippen LogP contribution in [0.25, 0.3) is 0 Å². The maximum Gasteiger partial charge on any atom is 0.319 e. The van der Waals surface area contributed by atoms with Crippen LogP contribution in [0.3, 0.4) is 0 Å². The summed E-state index contributed by atoms with van der Waals surface area (Å²) in [5.41, 5.74) is 1.28. The van der Waals surface area contributed by atoms with E-state index in [-0.39, 0.29) is 6.03 Å². The Hall–Kier alpha value is -2.89. The third-order valence-electron chi connectivity index (χ3n) is 3.18. The van der Waals surface area contributed by atoms with Gasteiger partial charge in [-0.25, -0.2) is 14.2 Å². The van der Waals surface area contributed by atoms with Gasteiger partial charge in [0.15, 0.2) is 0 Å². The minimum Gasteiger partial charge on any atom is -0.337 e. The van der Waals surface area contributed by atoms with Crippen molar-refractivity contribution in [3.05, 3.63) is 66.8 Å². The molecule has 0 saturated heterocycles. The molecular formula is C17H19FN4O. The first-order chi connectivity index (χ1) is 11.1. The van der Waals surface area contributed by atoms with Crippen molar-refractivity contribution in [1.82, 2.24) is 10.3 Å². The molecule has 6 heteroatoms. The van der Waals surface area contributed by atoms with Gasteiger partial charge in [-0.1, -0.05) is 18.7 Å². The van der Waals surface area contributed by atoms with E-state index in [0.29, 0.717) is 18.7 Å². The maximum absolute atomic E-state index is 13.0. The van der Waals surface area contributed by atoms with E-state index in [4.69, 9.17) is 0 Å². The lowest BCUT2D eigenvalue weighted by molar-refractivity contribution is 0.252. The second kappa shape index (κ2) is 7.93. The first kappa shape index (κ1) is 16.5. The Bertz CT molecular complexity index is 690. The summed E-state index contributed by atoms with van der Waals surface area (Å²) in [5, 5.41) is 5.29. The van der Waals surface area contributed by atoms with Gasteiger partial charge < -0.3 is 15.5 Å². The van der Waals surface area contributed by atoms with Gasteiger partial charge in [-0.3, -0.25) is 0 Å². The topological polar surface area (TPSA) is 57.3 Å². The summed E-state index contributed by atoms with van der Waals surface area (Å²) in [6.45, 7) is 4.12. The van der Waals surface area contributed by atoms with Gasteiger partial charge >= 0.3 is 6.03 Å². The molecule has 0 aliphatic heterocycles. The second-order valence-electron chi connectivity index (χ2n) is 4.92. The Balaban J connectivity index is 1.82. The number of hydrogen-bond acceptors (Lipinski definition) is 3. The predicted octanol–water partition coefficient (Wildman–Crippen LogP) is 3.16. The minimum absolute atomic E-state index is 0.380. The van der Waals surface area contributed by atoms with E-state index in [1.807, 2.05) is 30.1 Å². The van der Waals surface area contributed by atoms with Gasteiger partial charge in [0.2, 0.25) is 0 Å². The molecule has 1 heterocycles. The Kier molecular flexibility index (Phi) is 5.68. The fraction of sp³-hybridized carbons (Fsp3) is 0.176. The highest BCUT2D eigenvalue weighted by molar-refractivity contribution is 5.89. The Morgan fingerprint density at radius 3 is 2.87 bits per heavy atom. The monoisotopic (exact) mass is 314 g/mol. The van der Waals surface area contributed by atoms with Gasteiger partial charge in [0.05, 0.1) is 0 Å². The SMILES string of the molecule is C=CN(C)c1cccc(CCNC(=O)Nc2cccc(F)c2)n1.